The molecule has 3 unspecified atom stereocenters. The van der Waals surface area contributed by atoms with Gasteiger partial charge in [0, 0.05) is 12.7 Å². The fourth-order valence-corrected chi connectivity index (χ4v) is 4.14. The van der Waals surface area contributed by atoms with Crippen LogP contribution in [0.4, 0.5) is 18.9 Å². The van der Waals surface area contributed by atoms with Gasteiger partial charge in [-0.1, -0.05) is 25.1 Å². The van der Waals surface area contributed by atoms with Crippen molar-refractivity contribution in [2.75, 3.05) is 18.9 Å². The molecule has 1 amide bonds. The number of para-hydroxylation sites is 1. The third-order valence-electron chi connectivity index (χ3n) is 6.00. The molecule has 1 heterocycles. The maximum absolute atomic E-state index is 13.2. The smallest absolute Gasteiger partial charge is 0.325 e. The molecule has 2 aliphatic carbocycles. The summed E-state index contributed by atoms with van der Waals surface area (Å²) in [6.07, 6.45) is -1.04. The lowest BCUT2D eigenvalue weighted by atomic mass is 9.97. The van der Waals surface area contributed by atoms with E-state index in [1.807, 2.05) is 12.1 Å². The summed E-state index contributed by atoms with van der Waals surface area (Å²) in [5, 5.41) is 7.40. The van der Waals surface area contributed by atoms with Gasteiger partial charge >= 0.3 is 6.18 Å². The number of hydrazone groups is 1. The molecule has 0 saturated heterocycles. The summed E-state index contributed by atoms with van der Waals surface area (Å²) in [6.45, 7) is 2.23. The molecule has 7 heteroatoms. The zero-order chi connectivity index (χ0) is 18.7. The van der Waals surface area contributed by atoms with Crippen LogP contribution in [0, 0.1) is 17.3 Å². The average Bonchev–Trinajstić information content (AvgIpc) is 3.46. The standard InChI is InChI=1S/C19H22F3N3O/c1-18(7-8-18)14-9-12(14)11-5-3-4-6-15(11)23-17(26)13-10-25(2)24-16(13)19(20,21)22/h3-6,12-14H,7-10H2,1-2H3,(H,23,26). The Kier molecular flexibility index (Phi) is 3.82. The Labute approximate surface area is 150 Å². The van der Waals surface area contributed by atoms with E-state index in [0.29, 0.717) is 22.9 Å². The SMILES string of the molecule is CN1CC(C(=O)Nc2ccccc2C2CC2C2(C)CC2)C(C(F)(F)F)=N1. The van der Waals surface area contributed by atoms with Crippen LogP contribution in [-0.4, -0.2) is 36.4 Å². The van der Waals surface area contributed by atoms with Crippen LogP contribution >= 0.6 is 0 Å². The molecule has 4 nitrogen and oxygen atoms in total. The van der Waals surface area contributed by atoms with Gasteiger partial charge in [-0.2, -0.15) is 18.3 Å². The molecule has 2 saturated carbocycles. The number of hydrogen-bond acceptors (Lipinski definition) is 3. The number of anilines is 1. The second-order valence-electron chi connectivity index (χ2n) is 8.06. The Morgan fingerprint density at radius 2 is 2.00 bits per heavy atom. The molecule has 3 atom stereocenters. The van der Waals surface area contributed by atoms with Crippen LogP contribution in [0.2, 0.25) is 0 Å². The van der Waals surface area contributed by atoms with Crippen LogP contribution in [0.1, 0.15) is 37.7 Å². The number of benzene rings is 1. The van der Waals surface area contributed by atoms with E-state index < -0.39 is 23.7 Å². The summed E-state index contributed by atoms with van der Waals surface area (Å²) < 4.78 is 39.5. The van der Waals surface area contributed by atoms with Crippen LogP contribution in [0.15, 0.2) is 29.4 Å². The minimum Gasteiger partial charge on any atom is -0.325 e. The number of nitrogens with one attached hydrogen (secondary N) is 1. The van der Waals surface area contributed by atoms with Gasteiger partial charge in [-0.3, -0.25) is 9.80 Å². The Bertz CT molecular complexity index is 770. The van der Waals surface area contributed by atoms with Gasteiger partial charge in [0.1, 0.15) is 5.92 Å². The number of carbonyl (C=O) groups excluding carboxylic acids is 1. The van der Waals surface area contributed by atoms with Crippen molar-refractivity contribution in [2.45, 2.75) is 38.3 Å². The first-order chi connectivity index (χ1) is 12.2. The zero-order valence-electron chi connectivity index (χ0n) is 14.8. The molecule has 1 aromatic carbocycles. The van der Waals surface area contributed by atoms with Crippen LogP contribution in [0.5, 0.6) is 0 Å². The lowest BCUT2D eigenvalue weighted by molar-refractivity contribution is -0.119. The number of rotatable bonds is 4. The molecule has 26 heavy (non-hydrogen) atoms. The van der Waals surface area contributed by atoms with Crippen molar-refractivity contribution >= 4 is 17.3 Å². The largest absolute Gasteiger partial charge is 0.432 e. The Morgan fingerprint density at radius 3 is 2.65 bits per heavy atom. The van der Waals surface area contributed by atoms with Crippen molar-refractivity contribution in [3.05, 3.63) is 29.8 Å². The van der Waals surface area contributed by atoms with Crippen LogP contribution in [0.25, 0.3) is 0 Å². The summed E-state index contributed by atoms with van der Waals surface area (Å²) in [5.74, 6) is -0.941. The Hall–Kier alpha value is -2.05. The Morgan fingerprint density at radius 1 is 1.31 bits per heavy atom. The lowest BCUT2D eigenvalue weighted by Crippen LogP contribution is -2.38. The van der Waals surface area contributed by atoms with Crippen molar-refractivity contribution in [1.82, 2.24) is 5.01 Å². The van der Waals surface area contributed by atoms with Crippen LogP contribution < -0.4 is 5.32 Å². The molecule has 4 rings (SSSR count). The second-order valence-corrected chi connectivity index (χ2v) is 8.06. The number of nitrogens with zero attached hydrogens (tertiary/aromatic N) is 2. The molecule has 2 fully saturated rings. The van der Waals surface area contributed by atoms with E-state index >= 15 is 0 Å². The van der Waals surface area contributed by atoms with Gasteiger partial charge in [-0.15, -0.1) is 0 Å². The first kappa shape index (κ1) is 17.4. The number of amides is 1. The van der Waals surface area contributed by atoms with E-state index in [1.165, 1.54) is 24.9 Å². The van der Waals surface area contributed by atoms with Crippen LogP contribution in [-0.2, 0) is 4.79 Å². The number of carbonyl (C=O) groups is 1. The minimum atomic E-state index is -4.60. The molecule has 1 N–H and O–H groups in total. The zero-order valence-corrected chi connectivity index (χ0v) is 14.8. The van der Waals surface area contributed by atoms with Gasteiger partial charge in [-0.05, 0) is 48.1 Å². The quantitative estimate of drug-likeness (QED) is 0.876. The molecule has 1 aliphatic heterocycles. The molecule has 0 bridgehead atoms. The van der Waals surface area contributed by atoms with Crippen molar-refractivity contribution in [3.63, 3.8) is 0 Å². The fraction of sp³-hybridized carbons (Fsp3) is 0.579. The minimum absolute atomic E-state index is 0.0625. The monoisotopic (exact) mass is 365 g/mol. The van der Waals surface area contributed by atoms with E-state index in [9.17, 15) is 18.0 Å². The molecule has 3 aliphatic rings. The molecular formula is C19H22F3N3O. The fourth-order valence-electron chi connectivity index (χ4n) is 4.14. The molecule has 0 spiro atoms. The van der Waals surface area contributed by atoms with E-state index in [1.54, 1.807) is 12.1 Å². The van der Waals surface area contributed by atoms with E-state index in [2.05, 4.69) is 17.3 Å². The third kappa shape index (κ3) is 3.08. The third-order valence-corrected chi connectivity index (χ3v) is 6.00. The molecule has 140 valence electrons. The molecular weight excluding hydrogens is 343 g/mol. The summed E-state index contributed by atoms with van der Waals surface area (Å²) in [4.78, 5) is 12.6. The summed E-state index contributed by atoms with van der Waals surface area (Å²) in [5.41, 5.74) is 1.05. The first-order valence-electron chi connectivity index (χ1n) is 8.96. The van der Waals surface area contributed by atoms with E-state index in [-0.39, 0.29) is 6.54 Å². The predicted octanol–water partition coefficient (Wildman–Crippen LogP) is 4.01. The predicted molar refractivity (Wildman–Crippen MR) is 92.9 cm³/mol. The highest BCUT2D eigenvalue weighted by Crippen LogP contribution is 2.67. The van der Waals surface area contributed by atoms with E-state index in [0.717, 1.165) is 12.0 Å². The second kappa shape index (κ2) is 5.72. The molecule has 0 aromatic heterocycles. The summed E-state index contributed by atoms with van der Waals surface area (Å²) in [6, 6.07) is 7.48. The van der Waals surface area contributed by atoms with Crippen molar-refractivity contribution in [1.29, 1.82) is 0 Å². The lowest BCUT2D eigenvalue weighted by Gasteiger charge is -2.17. The van der Waals surface area contributed by atoms with Gasteiger partial charge in [0.25, 0.3) is 0 Å². The van der Waals surface area contributed by atoms with Gasteiger partial charge in [0.05, 0.1) is 6.54 Å². The number of alkyl halides is 3. The first-order valence-corrected chi connectivity index (χ1v) is 8.96. The van der Waals surface area contributed by atoms with Gasteiger partial charge in [0.2, 0.25) is 5.91 Å². The van der Waals surface area contributed by atoms with E-state index in [4.69, 9.17) is 0 Å². The molecule has 0 radical (unpaired) electrons. The van der Waals surface area contributed by atoms with Crippen molar-refractivity contribution in [2.24, 2.45) is 22.4 Å². The van der Waals surface area contributed by atoms with Gasteiger partial charge < -0.3 is 5.32 Å². The number of hydrogen-bond donors (Lipinski definition) is 1. The Balaban J connectivity index is 1.51. The highest BCUT2D eigenvalue weighted by Gasteiger charge is 2.57. The van der Waals surface area contributed by atoms with Gasteiger partial charge in [-0.25, -0.2) is 0 Å². The highest BCUT2D eigenvalue weighted by atomic mass is 19.4. The highest BCUT2D eigenvalue weighted by molar-refractivity contribution is 6.12. The summed E-state index contributed by atoms with van der Waals surface area (Å²) in [7, 11) is 1.44. The van der Waals surface area contributed by atoms with Crippen LogP contribution in [0.3, 0.4) is 0 Å². The normalized spacial score (nSPS) is 29.3. The maximum atomic E-state index is 13.2. The van der Waals surface area contributed by atoms with Crippen molar-refractivity contribution < 1.29 is 18.0 Å². The summed E-state index contributed by atoms with van der Waals surface area (Å²) >= 11 is 0. The number of halogens is 3. The maximum Gasteiger partial charge on any atom is 0.432 e. The molecule has 1 aromatic rings. The van der Waals surface area contributed by atoms with Crippen molar-refractivity contribution in [3.8, 4) is 0 Å². The average molecular weight is 365 g/mol. The topological polar surface area (TPSA) is 44.7 Å². The van der Waals surface area contributed by atoms with Gasteiger partial charge in [0.15, 0.2) is 5.71 Å².